The van der Waals surface area contributed by atoms with Gasteiger partial charge in [-0.1, -0.05) is 19.9 Å². The van der Waals surface area contributed by atoms with Crippen LogP contribution in [0.25, 0.3) is 0 Å². The van der Waals surface area contributed by atoms with E-state index < -0.39 is 0 Å². The highest BCUT2D eigenvalue weighted by Gasteiger charge is 2.11. The lowest BCUT2D eigenvalue weighted by Crippen LogP contribution is -2.03. The summed E-state index contributed by atoms with van der Waals surface area (Å²) in [6.45, 7) is 7.24. The minimum absolute atomic E-state index is 0.443. The standard InChI is InChI=1S/C15H20BrN3/c1-10(2)15-12(9-19(4)18-15)8-17-14-7-11(3)5-6-13(14)16/h5-7,9-10,17H,8H2,1-4H3. The van der Waals surface area contributed by atoms with Crippen LogP contribution in [0.2, 0.25) is 0 Å². The summed E-state index contributed by atoms with van der Waals surface area (Å²) in [6.07, 6.45) is 2.09. The zero-order valence-corrected chi connectivity index (χ0v) is 13.5. The molecule has 0 aliphatic carbocycles. The fourth-order valence-electron chi connectivity index (χ4n) is 2.14. The molecule has 1 aromatic heterocycles. The van der Waals surface area contributed by atoms with Crippen molar-refractivity contribution in [1.82, 2.24) is 9.78 Å². The van der Waals surface area contributed by atoms with Crippen LogP contribution >= 0.6 is 15.9 Å². The second kappa shape index (κ2) is 5.78. The molecule has 0 atom stereocenters. The molecular weight excluding hydrogens is 302 g/mol. The van der Waals surface area contributed by atoms with Crippen molar-refractivity contribution < 1.29 is 0 Å². The Morgan fingerprint density at radius 1 is 1.37 bits per heavy atom. The average Bonchev–Trinajstić information content (AvgIpc) is 2.72. The number of halogens is 1. The SMILES string of the molecule is Cc1ccc(Br)c(NCc2cn(C)nc2C(C)C)c1. The third kappa shape index (κ3) is 3.38. The molecule has 1 N–H and O–H groups in total. The predicted molar refractivity (Wildman–Crippen MR) is 83.5 cm³/mol. The Balaban J connectivity index is 2.16. The van der Waals surface area contributed by atoms with Crippen LogP contribution in [0.3, 0.4) is 0 Å². The van der Waals surface area contributed by atoms with Gasteiger partial charge in [0.1, 0.15) is 0 Å². The van der Waals surface area contributed by atoms with Crippen LogP contribution in [0.1, 0.15) is 36.6 Å². The van der Waals surface area contributed by atoms with Gasteiger partial charge in [-0.3, -0.25) is 4.68 Å². The van der Waals surface area contributed by atoms with Gasteiger partial charge in [0.2, 0.25) is 0 Å². The monoisotopic (exact) mass is 321 g/mol. The molecule has 0 unspecified atom stereocenters. The Morgan fingerprint density at radius 2 is 2.11 bits per heavy atom. The lowest BCUT2D eigenvalue weighted by molar-refractivity contribution is 0.712. The number of benzene rings is 1. The van der Waals surface area contributed by atoms with E-state index in [1.54, 1.807) is 0 Å². The molecule has 3 nitrogen and oxygen atoms in total. The molecule has 2 aromatic rings. The topological polar surface area (TPSA) is 29.9 Å². The molecule has 0 amide bonds. The van der Waals surface area contributed by atoms with Crippen molar-refractivity contribution in [3.63, 3.8) is 0 Å². The maximum absolute atomic E-state index is 4.53. The van der Waals surface area contributed by atoms with E-state index in [-0.39, 0.29) is 0 Å². The summed E-state index contributed by atoms with van der Waals surface area (Å²) >= 11 is 3.57. The van der Waals surface area contributed by atoms with Gasteiger partial charge in [-0.2, -0.15) is 5.10 Å². The van der Waals surface area contributed by atoms with Crippen LogP contribution in [0, 0.1) is 6.92 Å². The van der Waals surface area contributed by atoms with Gasteiger partial charge in [0, 0.05) is 35.5 Å². The van der Waals surface area contributed by atoms with E-state index in [4.69, 9.17) is 0 Å². The highest BCUT2D eigenvalue weighted by atomic mass is 79.9. The minimum atomic E-state index is 0.443. The molecular formula is C15H20BrN3. The van der Waals surface area contributed by atoms with Gasteiger partial charge < -0.3 is 5.32 Å². The summed E-state index contributed by atoms with van der Waals surface area (Å²) in [4.78, 5) is 0. The molecule has 0 aliphatic heterocycles. The van der Waals surface area contributed by atoms with Crippen molar-refractivity contribution in [2.75, 3.05) is 5.32 Å². The van der Waals surface area contributed by atoms with E-state index in [1.165, 1.54) is 16.8 Å². The van der Waals surface area contributed by atoms with Crippen LogP contribution in [0.4, 0.5) is 5.69 Å². The first kappa shape index (κ1) is 14.1. The number of rotatable bonds is 4. The molecule has 2 rings (SSSR count). The van der Waals surface area contributed by atoms with Gasteiger partial charge in [0.25, 0.3) is 0 Å². The van der Waals surface area contributed by atoms with Crippen molar-refractivity contribution in [3.05, 3.63) is 45.7 Å². The van der Waals surface area contributed by atoms with Crippen LogP contribution in [0.15, 0.2) is 28.9 Å². The van der Waals surface area contributed by atoms with Crippen molar-refractivity contribution in [2.45, 2.75) is 33.2 Å². The quantitative estimate of drug-likeness (QED) is 0.913. The van der Waals surface area contributed by atoms with Gasteiger partial charge >= 0.3 is 0 Å². The molecule has 0 fully saturated rings. The second-order valence-electron chi connectivity index (χ2n) is 5.20. The molecule has 0 radical (unpaired) electrons. The molecule has 19 heavy (non-hydrogen) atoms. The molecule has 0 saturated carbocycles. The van der Waals surface area contributed by atoms with Gasteiger partial charge in [0.15, 0.2) is 0 Å². The Morgan fingerprint density at radius 3 is 2.79 bits per heavy atom. The van der Waals surface area contributed by atoms with Crippen molar-refractivity contribution in [3.8, 4) is 0 Å². The van der Waals surface area contributed by atoms with E-state index in [0.29, 0.717) is 5.92 Å². The zero-order valence-electron chi connectivity index (χ0n) is 11.9. The summed E-state index contributed by atoms with van der Waals surface area (Å²) < 4.78 is 2.98. The molecule has 0 bridgehead atoms. The largest absolute Gasteiger partial charge is 0.380 e. The molecule has 0 aliphatic rings. The van der Waals surface area contributed by atoms with Crippen molar-refractivity contribution >= 4 is 21.6 Å². The van der Waals surface area contributed by atoms with E-state index in [2.05, 4.69) is 71.5 Å². The van der Waals surface area contributed by atoms with Crippen LogP contribution in [-0.2, 0) is 13.6 Å². The first-order valence-electron chi connectivity index (χ1n) is 6.50. The number of nitrogens with zero attached hydrogens (tertiary/aromatic N) is 2. The zero-order chi connectivity index (χ0) is 14.0. The van der Waals surface area contributed by atoms with E-state index in [1.807, 2.05) is 11.7 Å². The van der Waals surface area contributed by atoms with Gasteiger partial charge in [-0.15, -0.1) is 0 Å². The fourth-order valence-corrected chi connectivity index (χ4v) is 2.53. The van der Waals surface area contributed by atoms with Crippen molar-refractivity contribution in [1.29, 1.82) is 0 Å². The molecule has 4 heteroatoms. The minimum Gasteiger partial charge on any atom is -0.380 e. The maximum atomic E-state index is 4.53. The maximum Gasteiger partial charge on any atom is 0.0699 e. The first-order chi connectivity index (χ1) is 8.97. The van der Waals surface area contributed by atoms with E-state index in [9.17, 15) is 0 Å². The third-order valence-corrected chi connectivity index (χ3v) is 3.77. The number of hydrogen-bond acceptors (Lipinski definition) is 2. The first-order valence-corrected chi connectivity index (χ1v) is 7.29. The number of anilines is 1. The Hall–Kier alpha value is -1.29. The second-order valence-corrected chi connectivity index (χ2v) is 6.06. The summed E-state index contributed by atoms with van der Waals surface area (Å²) in [7, 11) is 1.97. The normalized spacial score (nSPS) is 11.1. The number of hydrogen-bond donors (Lipinski definition) is 1. The molecule has 102 valence electrons. The Kier molecular flexibility index (Phi) is 4.30. The van der Waals surface area contributed by atoms with Gasteiger partial charge in [0.05, 0.1) is 5.69 Å². The summed E-state index contributed by atoms with van der Waals surface area (Å²) in [5.41, 5.74) is 4.80. The molecule has 1 aromatic carbocycles. The van der Waals surface area contributed by atoms with E-state index >= 15 is 0 Å². The Bertz CT molecular complexity index is 573. The van der Waals surface area contributed by atoms with Gasteiger partial charge in [-0.05, 0) is 46.5 Å². The molecule has 0 spiro atoms. The van der Waals surface area contributed by atoms with Crippen LogP contribution in [0.5, 0.6) is 0 Å². The predicted octanol–water partition coefficient (Wildman–Crippen LogP) is 4.23. The summed E-state index contributed by atoms with van der Waals surface area (Å²) in [6, 6.07) is 6.32. The Labute approximate surface area is 123 Å². The highest BCUT2D eigenvalue weighted by Crippen LogP contribution is 2.25. The molecule has 0 saturated heterocycles. The van der Waals surface area contributed by atoms with Crippen LogP contribution in [-0.4, -0.2) is 9.78 Å². The summed E-state index contributed by atoms with van der Waals surface area (Å²) in [5, 5.41) is 8.01. The van der Waals surface area contributed by atoms with Crippen LogP contribution < -0.4 is 5.32 Å². The lowest BCUT2D eigenvalue weighted by atomic mass is 10.1. The third-order valence-electron chi connectivity index (χ3n) is 3.08. The summed E-state index contributed by atoms with van der Waals surface area (Å²) in [5.74, 6) is 0.443. The van der Waals surface area contributed by atoms with Crippen molar-refractivity contribution in [2.24, 2.45) is 7.05 Å². The highest BCUT2D eigenvalue weighted by molar-refractivity contribution is 9.10. The fraction of sp³-hybridized carbons (Fsp3) is 0.400. The number of aromatic nitrogens is 2. The van der Waals surface area contributed by atoms with E-state index in [0.717, 1.165) is 16.7 Å². The smallest absolute Gasteiger partial charge is 0.0699 e. The number of aryl methyl sites for hydroxylation is 2. The molecule has 1 heterocycles. The number of nitrogens with one attached hydrogen (secondary N) is 1. The lowest BCUT2D eigenvalue weighted by Gasteiger charge is -2.10. The van der Waals surface area contributed by atoms with Gasteiger partial charge in [-0.25, -0.2) is 0 Å². The average molecular weight is 322 g/mol.